The van der Waals surface area contributed by atoms with Gasteiger partial charge in [-0.3, -0.25) is 9.35 Å². The molecule has 0 radical (unpaired) electrons. The summed E-state index contributed by atoms with van der Waals surface area (Å²) in [6, 6.07) is -0.858. The summed E-state index contributed by atoms with van der Waals surface area (Å²) in [5, 5.41) is 45.3. The lowest BCUT2D eigenvalue weighted by atomic mass is 9.99. The number of hydrogen-bond acceptors (Lipinski definition) is 10. The predicted octanol–water partition coefficient (Wildman–Crippen LogP) is 18.3. The molecule has 0 bridgehead atoms. The van der Waals surface area contributed by atoms with E-state index in [4.69, 9.17) is 9.47 Å². The molecule has 13 heteroatoms. The van der Waals surface area contributed by atoms with Gasteiger partial charge in [0.15, 0.2) is 6.29 Å². The van der Waals surface area contributed by atoms with E-state index < -0.39 is 59.9 Å². The number of amides is 1. The highest BCUT2D eigenvalue weighted by Crippen LogP contribution is 2.27. The van der Waals surface area contributed by atoms with Crippen LogP contribution in [0.5, 0.6) is 0 Å². The molecule has 82 heavy (non-hydrogen) atoms. The van der Waals surface area contributed by atoms with Gasteiger partial charge in [-0.25, -0.2) is 4.18 Å². The molecule has 1 aliphatic rings. The van der Waals surface area contributed by atoms with Crippen molar-refractivity contribution in [2.75, 3.05) is 13.2 Å². The molecule has 1 heterocycles. The molecule has 12 nitrogen and oxygen atoms in total. The summed E-state index contributed by atoms with van der Waals surface area (Å²) in [5.74, 6) is -0.223. The van der Waals surface area contributed by atoms with Crippen molar-refractivity contribution in [1.29, 1.82) is 0 Å². The number of carbonyl (C=O) groups excluding carboxylic acids is 1. The van der Waals surface area contributed by atoms with Crippen molar-refractivity contribution in [3.05, 3.63) is 24.3 Å². The third kappa shape index (κ3) is 49.7. The Bertz CT molecular complexity index is 1530. The molecule has 0 spiro atoms. The SMILES string of the molecule is CCCCCCCCCCCCCCC/C=C\C/C=C\CCCCCCCCCCCCCCCCCCCC(=O)NC(COC1OC(CO)C(O)C(OS(=O)(=O)O)C1O)C(O)CCCCCCCCCCCCCCCCCCCC. The second-order valence-corrected chi connectivity index (χ2v) is 25.9. The van der Waals surface area contributed by atoms with E-state index in [1.54, 1.807) is 0 Å². The number of allylic oxidation sites excluding steroid dienone is 4. The fraction of sp³-hybridized carbons (Fsp3) is 0.928. The van der Waals surface area contributed by atoms with Crippen LogP contribution in [0.15, 0.2) is 24.3 Å². The van der Waals surface area contributed by atoms with E-state index >= 15 is 0 Å². The summed E-state index contributed by atoms with van der Waals surface area (Å²) in [5.41, 5.74) is 0. The first-order valence-electron chi connectivity index (χ1n) is 35.2. The Morgan fingerprint density at radius 3 is 1.16 bits per heavy atom. The molecule has 6 N–H and O–H groups in total. The number of aliphatic hydroxyl groups is 4. The molecule has 486 valence electrons. The first-order chi connectivity index (χ1) is 40.0. The van der Waals surface area contributed by atoms with Crippen LogP contribution in [0.3, 0.4) is 0 Å². The average Bonchev–Trinajstić information content (AvgIpc) is 3.60. The Labute approximate surface area is 505 Å². The maximum atomic E-state index is 13.2. The monoisotopic (exact) mass is 1180 g/mol. The van der Waals surface area contributed by atoms with Gasteiger partial charge in [-0.15, -0.1) is 0 Å². The Kier molecular flexibility index (Phi) is 56.2. The van der Waals surface area contributed by atoms with Gasteiger partial charge in [-0.1, -0.05) is 327 Å². The first-order valence-corrected chi connectivity index (χ1v) is 36.6. The molecule has 7 atom stereocenters. The minimum absolute atomic E-state index is 0.223. The van der Waals surface area contributed by atoms with Crippen LogP contribution in [-0.4, -0.2) is 95.4 Å². The molecule has 0 aromatic heterocycles. The zero-order chi connectivity index (χ0) is 59.7. The molecule has 1 fully saturated rings. The molecule has 0 aromatic rings. The number of aliphatic hydroxyl groups excluding tert-OH is 4. The van der Waals surface area contributed by atoms with Crippen LogP contribution in [0.2, 0.25) is 0 Å². The first kappa shape index (κ1) is 78.6. The molecule has 0 aliphatic carbocycles. The van der Waals surface area contributed by atoms with Crippen molar-refractivity contribution in [3.8, 4) is 0 Å². The smallest absolute Gasteiger partial charge is 0.394 e. The summed E-state index contributed by atoms with van der Waals surface area (Å²) in [7, 11) is -5.08. The number of unbranched alkanes of at least 4 members (excludes halogenated alkanes) is 47. The fourth-order valence-corrected chi connectivity index (χ4v) is 12.1. The molecule has 1 saturated heterocycles. The number of hydrogen-bond donors (Lipinski definition) is 6. The molecule has 0 aromatic carbocycles. The van der Waals surface area contributed by atoms with Crippen molar-refractivity contribution in [2.45, 2.75) is 397 Å². The third-order valence-corrected chi connectivity index (χ3v) is 17.5. The predicted molar refractivity (Wildman–Crippen MR) is 342 cm³/mol. The second kappa shape index (κ2) is 58.6. The summed E-state index contributed by atoms with van der Waals surface area (Å²) in [6.45, 7) is 3.51. The van der Waals surface area contributed by atoms with Crippen LogP contribution in [-0.2, 0) is 28.9 Å². The lowest BCUT2D eigenvalue weighted by molar-refractivity contribution is -0.298. The molecular weight excluding hydrogens is 1050 g/mol. The lowest BCUT2D eigenvalue weighted by Gasteiger charge is -2.41. The van der Waals surface area contributed by atoms with Crippen molar-refractivity contribution in [1.82, 2.24) is 5.32 Å². The number of ether oxygens (including phenoxy) is 2. The van der Waals surface area contributed by atoms with E-state index in [0.717, 1.165) is 57.8 Å². The minimum Gasteiger partial charge on any atom is -0.394 e. The number of nitrogens with one attached hydrogen (secondary N) is 1. The largest absolute Gasteiger partial charge is 0.397 e. The Morgan fingerprint density at radius 1 is 0.488 bits per heavy atom. The highest BCUT2D eigenvalue weighted by atomic mass is 32.3. The molecule has 1 amide bonds. The van der Waals surface area contributed by atoms with E-state index in [9.17, 15) is 38.2 Å². The summed E-state index contributed by atoms with van der Waals surface area (Å²) in [6.07, 6.45) is 66.5. The van der Waals surface area contributed by atoms with Crippen LogP contribution < -0.4 is 5.32 Å². The van der Waals surface area contributed by atoms with E-state index in [1.165, 1.54) is 270 Å². The van der Waals surface area contributed by atoms with Crippen LogP contribution in [0.4, 0.5) is 0 Å². The summed E-state index contributed by atoms with van der Waals surface area (Å²) < 4.78 is 48.1. The van der Waals surface area contributed by atoms with Gasteiger partial charge in [0, 0.05) is 6.42 Å². The average molecular weight is 1180 g/mol. The van der Waals surface area contributed by atoms with E-state index in [0.29, 0.717) is 12.8 Å². The van der Waals surface area contributed by atoms with Gasteiger partial charge in [-0.2, -0.15) is 8.42 Å². The zero-order valence-electron chi connectivity index (χ0n) is 53.3. The fourth-order valence-electron chi connectivity index (χ4n) is 11.6. The molecule has 0 saturated carbocycles. The van der Waals surface area contributed by atoms with Gasteiger partial charge in [0.1, 0.15) is 24.4 Å². The van der Waals surface area contributed by atoms with Gasteiger partial charge in [0.2, 0.25) is 5.91 Å². The highest BCUT2D eigenvalue weighted by Gasteiger charge is 2.48. The highest BCUT2D eigenvalue weighted by molar-refractivity contribution is 7.80. The van der Waals surface area contributed by atoms with Crippen molar-refractivity contribution < 1.29 is 51.8 Å². The zero-order valence-corrected chi connectivity index (χ0v) is 54.2. The van der Waals surface area contributed by atoms with Crippen LogP contribution in [0.1, 0.15) is 354 Å². The summed E-state index contributed by atoms with van der Waals surface area (Å²) in [4.78, 5) is 13.2. The summed E-state index contributed by atoms with van der Waals surface area (Å²) >= 11 is 0. The second-order valence-electron chi connectivity index (χ2n) is 24.8. The van der Waals surface area contributed by atoms with Crippen molar-refractivity contribution >= 4 is 16.3 Å². The third-order valence-electron chi connectivity index (χ3n) is 17.0. The van der Waals surface area contributed by atoms with Crippen molar-refractivity contribution in [3.63, 3.8) is 0 Å². The normalized spacial score (nSPS) is 18.5. The van der Waals surface area contributed by atoms with E-state index in [-0.39, 0.29) is 12.5 Å². The molecule has 1 rings (SSSR count). The van der Waals surface area contributed by atoms with E-state index in [1.807, 2.05) is 0 Å². The van der Waals surface area contributed by atoms with Gasteiger partial charge >= 0.3 is 10.4 Å². The Balaban J connectivity index is 2.17. The van der Waals surface area contributed by atoms with Gasteiger partial charge in [-0.05, 0) is 44.9 Å². The topological polar surface area (TPSA) is 192 Å². The molecule has 7 unspecified atom stereocenters. The van der Waals surface area contributed by atoms with E-state index in [2.05, 4.69) is 47.7 Å². The van der Waals surface area contributed by atoms with Gasteiger partial charge in [0.25, 0.3) is 0 Å². The standard InChI is InChI=1S/C69H133NO11S/c1-3-5-7-9-11-13-15-17-19-21-23-24-25-26-27-28-29-30-31-32-33-34-35-36-37-38-39-40-41-43-45-47-49-51-53-55-57-59-65(73)70-62(61-79-69-67(75)68(81-82(76,77)78)66(74)64(60-71)80-69)63(72)58-56-54-52-50-48-46-44-42-22-20-18-16-14-12-10-8-6-4-2/h27-28,30-31,62-64,66-69,71-72,74-75H,3-26,29,32-61H2,1-2H3,(H,70,73)(H,76,77,78)/b28-27-,31-30-. The quantitative estimate of drug-likeness (QED) is 0.0193. The number of rotatable bonds is 63. The van der Waals surface area contributed by atoms with Gasteiger partial charge in [0.05, 0.1) is 25.4 Å². The van der Waals surface area contributed by atoms with Gasteiger partial charge < -0.3 is 35.2 Å². The maximum Gasteiger partial charge on any atom is 0.397 e. The van der Waals surface area contributed by atoms with Crippen LogP contribution in [0.25, 0.3) is 0 Å². The molecular formula is C69H133NO11S. The molecule has 1 aliphatic heterocycles. The van der Waals surface area contributed by atoms with Crippen LogP contribution in [0, 0.1) is 0 Å². The lowest BCUT2D eigenvalue weighted by Crippen LogP contribution is -2.61. The maximum absolute atomic E-state index is 13.2. The Morgan fingerprint density at radius 2 is 0.817 bits per heavy atom. The Hall–Kier alpha value is -1.42. The van der Waals surface area contributed by atoms with Crippen LogP contribution >= 0.6 is 0 Å². The number of carbonyl (C=O) groups is 1. The minimum atomic E-state index is -5.08. The van der Waals surface area contributed by atoms with Crippen molar-refractivity contribution in [2.24, 2.45) is 0 Å².